The van der Waals surface area contributed by atoms with Crippen LogP contribution in [0.1, 0.15) is 0 Å². The third kappa shape index (κ3) is 3.40. The number of nitroso groups, excluding NO2 is 1. The smallest absolute Gasteiger partial charge is 0.150 e. The van der Waals surface area contributed by atoms with Crippen molar-refractivity contribution in [2.24, 2.45) is 5.18 Å². The van der Waals surface area contributed by atoms with Gasteiger partial charge in [0.2, 0.25) is 0 Å². The largest absolute Gasteiger partial charge is 0.494 e. The molecule has 0 amide bonds. The SMILES string of the molecule is COc1cc(N(CCO)CCO)ccc1N=O. The zero-order valence-electron chi connectivity index (χ0n) is 9.67. The summed E-state index contributed by atoms with van der Waals surface area (Å²) in [6.07, 6.45) is 0. The number of anilines is 1. The van der Waals surface area contributed by atoms with Gasteiger partial charge in [-0.15, -0.1) is 4.91 Å². The van der Waals surface area contributed by atoms with E-state index >= 15 is 0 Å². The standard InChI is InChI=1S/C11H16N2O4/c1-17-11-8-9(2-3-10(11)12-16)13(4-6-14)5-7-15/h2-3,8,14-15H,4-7H2,1H3. The molecule has 0 atom stereocenters. The predicted molar refractivity (Wildman–Crippen MR) is 64.8 cm³/mol. The van der Waals surface area contributed by atoms with Gasteiger partial charge in [-0.3, -0.25) is 0 Å². The van der Waals surface area contributed by atoms with Gasteiger partial charge in [0.05, 0.1) is 20.3 Å². The Balaban J connectivity index is 2.98. The second-order valence-electron chi connectivity index (χ2n) is 3.38. The monoisotopic (exact) mass is 240 g/mol. The van der Waals surface area contributed by atoms with E-state index in [1.807, 2.05) is 0 Å². The molecule has 0 saturated carbocycles. The average molecular weight is 240 g/mol. The topological polar surface area (TPSA) is 82.4 Å². The molecular weight excluding hydrogens is 224 g/mol. The van der Waals surface area contributed by atoms with Crippen molar-refractivity contribution in [3.63, 3.8) is 0 Å². The van der Waals surface area contributed by atoms with E-state index in [0.29, 0.717) is 18.8 Å². The van der Waals surface area contributed by atoms with Crippen molar-refractivity contribution in [1.82, 2.24) is 0 Å². The molecule has 6 nitrogen and oxygen atoms in total. The lowest BCUT2D eigenvalue weighted by Gasteiger charge is -2.23. The Labute approximate surface area is 99.4 Å². The van der Waals surface area contributed by atoms with E-state index in [9.17, 15) is 4.91 Å². The molecule has 6 heteroatoms. The first-order valence-corrected chi connectivity index (χ1v) is 5.25. The zero-order chi connectivity index (χ0) is 12.7. The highest BCUT2D eigenvalue weighted by atomic mass is 16.5. The van der Waals surface area contributed by atoms with Gasteiger partial charge in [0.25, 0.3) is 0 Å². The van der Waals surface area contributed by atoms with E-state index in [0.717, 1.165) is 5.69 Å². The molecule has 0 bridgehead atoms. The van der Waals surface area contributed by atoms with Crippen LogP contribution in [0.2, 0.25) is 0 Å². The van der Waals surface area contributed by atoms with E-state index in [1.165, 1.54) is 7.11 Å². The van der Waals surface area contributed by atoms with Crippen LogP contribution >= 0.6 is 0 Å². The number of rotatable bonds is 7. The molecule has 0 spiro atoms. The van der Waals surface area contributed by atoms with Gasteiger partial charge in [-0.2, -0.15) is 0 Å². The third-order valence-corrected chi connectivity index (χ3v) is 2.37. The first-order valence-electron chi connectivity index (χ1n) is 5.25. The van der Waals surface area contributed by atoms with E-state index in [4.69, 9.17) is 14.9 Å². The van der Waals surface area contributed by atoms with Crippen LogP contribution in [-0.4, -0.2) is 43.6 Å². The van der Waals surface area contributed by atoms with Gasteiger partial charge in [-0.1, -0.05) is 0 Å². The summed E-state index contributed by atoms with van der Waals surface area (Å²) >= 11 is 0. The van der Waals surface area contributed by atoms with Crippen molar-refractivity contribution in [3.8, 4) is 5.75 Å². The van der Waals surface area contributed by atoms with Crippen LogP contribution in [-0.2, 0) is 0 Å². The highest BCUT2D eigenvalue weighted by Gasteiger charge is 2.10. The quantitative estimate of drug-likeness (QED) is 0.691. The van der Waals surface area contributed by atoms with Crippen molar-refractivity contribution < 1.29 is 14.9 Å². The number of aliphatic hydroxyl groups excluding tert-OH is 2. The Morgan fingerprint density at radius 1 is 1.29 bits per heavy atom. The van der Waals surface area contributed by atoms with E-state index in [-0.39, 0.29) is 18.9 Å². The minimum absolute atomic E-state index is 0.0179. The maximum atomic E-state index is 10.5. The molecule has 1 aromatic rings. The van der Waals surface area contributed by atoms with E-state index in [2.05, 4.69) is 5.18 Å². The second kappa shape index (κ2) is 6.82. The van der Waals surface area contributed by atoms with Gasteiger partial charge in [-0.25, -0.2) is 0 Å². The van der Waals surface area contributed by atoms with Gasteiger partial charge in [-0.05, 0) is 17.3 Å². The van der Waals surface area contributed by atoms with Crippen molar-refractivity contribution in [1.29, 1.82) is 0 Å². The highest BCUT2D eigenvalue weighted by Crippen LogP contribution is 2.31. The molecule has 0 aliphatic heterocycles. The first-order chi connectivity index (χ1) is 8.26. The number of methoxy groups -OCH3 is 1. The van der Waals surface area contributed by atoms with Gasteiger partial charge in [0.15, 0.2) is 0 Å². The number of benzene rings is 1. The normalized spacial score (nSPS) is 10.1. The summed E-state index contributed by atoms with van der Waals surface area (Å²) in [4.78, 5) is 12.3. The number of aliphatic hydroxyl groups is 2. The zero-order valence-corrected chi connectivity index (χ0v) is 9.67. The molecule has 0 aromatic heterocycles. The summed E-state index contributed by atoms with van der Waals surface area (Å²) in [6, 6.07) is 4.90. The van der Waals surface area contributed by atoms with Crippen molar-refractivity contribution in [2.45, 2.75) is 0 Å². The molecule has 17 heavy (non-hydrogen) atoms. The fraction of sp³-hybridized carbons (Fsp3) is 0.455. The molecule has 1 aromatic carbocycles. The summed E-state index contributed by atoms with van der Waals surface area (Å²) in [5.74, 6) is 0.373. The molecule has 0 aliphatic carbocycles. The fourth-order valence-corrected chi connectivity index (χ4v) is 1.55. The molecule has 0 fully saturated rings. The molecular formula is C11H16N2O4. The molecule has 1 rings (SSSR count). The van der Waals surface area contributed by atoms with E-state index in [1.54, 1.807) is 23.1 Å². The Kier molecular flexibility index (Phi) is 5.38. The van der Waals surface area contributed by atoms with Crippen molar-refractivity contribution >= 4 is 11.4 Å². The highest BCUT2D eigenvalue weighted by molar-refractivity contribution is 5.61. The molecule has 0 unspecified atom stereocenters. The summed E-state index contributed by atoms with van der Waals surface area (Å²) in [7, 11) is 1.45. The lowest BCUT2D eigenvalue weighted by molar-refractivity contribution is 0.281. The maximum Gasteiger partial charge on any atom is 0.150 e. The fourth-order valence-electron chi connectivity index (χ4n) is 1.55. The summed E-state index contributed by atoms with van der Waals surface area (Å²) in [6.45, 7) is 0.765. The minimum Gasteiger partial charge on any atom is -0.494 e. The minimum atomic E-state index is -0.0179. The van der Waals surface area contributed by atoms with Crippen molar-refractivity contribution in [2.75, 3.05) is 38.3 Å². The molecule has 0 aliphatic rings. The summed E-state index contributed by atoms with van der Waals surface area (Å²) in [5, 5.41) is 20.7. The lowest BCUT2D eigenvalue weighted by atomic mass is 10.2. The van der Waals surface area contributed by atoms with Crippen LogP contribution < -0.4 is 9.64 Å². The molecule has 94 valence electrons. The molecule has 0 saturated heterocycles. The van der Waals surface area contributed by atoms with Crippen LogP contribution in [0.3, 0.4) is 0 Å². The average Bonchev–Trinajstić information content (AvgIpc) is 2.37. The number of ether oxygens (including phenoxy) is 1. The predicted octanol–water partition coefficient (Wildman–Crippen LogP) is 0.884. The second-order valence-corrected chi connectivity index (χ2v) is 3.38. The third-order valence-electron chi connectivity index (χ3n) is 2.37. The number of hydrogen-bond acceptors (Lipinski definition) is 6. The van der Waals surface area contributed by atoms with Crippen LogP contribution in [0.5, 0.6) is 5.75 Å². The number of hydrogen-bond donors (Lipinski definition) is 2. The van der Waals surface area contributed by atoms with Crippen LogP contribution in [0.15, 0.2) is 23.4 Å². The molecule has 0 heterocycles. The summed E-state index contributed by atoms with van der Waals surface area (Å²) in [5.41, 5.74) is 0.988. The van der Waals surface area contributed by atoms with Crippen LogP contribution in [0.25, 0.3) is 0 Å². The maximum absolute atomic E-state index is 10.5. The molecule has 0 radical (unpaired) electrons. The van der Waals surface area contributed by atoms with Gasteiger partial charge >= 0.3 is 0 Å². The Morgan fingerprint density at radius 2 is 1.94 bits per heavy atom. The Hall–Kier alpha value is -1.66. The van der Waals surface area contributed by atoms with Gasteiger partial charge in [0.1, 0.15) is 11.4 Å². The van der Waals surface area contributed by atoms with Crippen LogP contribution in [0.4, 0.5) is 11.4 Å². The van der Waals surface area contributed by atoms with Crippen molar-refractivity contribution in [3.05, 3.63) is 23.1 Å². The Bertz CT molecular complexity index is 364. The van der Waals surface area contributed by atoms with Gasteiger partial charge in [0, 0.05) is 24.8 Å². The summed E-state index contributed by atoms with van der Waals surface area (Å²) < 4.78 is 5.04. The Morgan fingerprint density at radius 3 is 2.41 bits per heavy atom. The van der Waals surface area contributed by atoms with E-state index < -0.39 is 0 Å². The van der Waals surface area contributed by atoms with Gasteiger partial charge < -0.3 is 19.8 Å². The number of nitrogens with zero attached hydrogens (tertiary/aromatic N) is 2. The van der Waals surface area contributed by atoms with Crippen LogP contribution in [0, 0.1) is 4.91 Å². The lowest BCUT2D eigenvalue weighted by Crippen LogP contribution is -2.29. The first kappa shape index (κ1) is 13.4. The molecule has 2 N–H and O–H groups in total.